The van der Waals surface area contributed by atoms with E-state index in [1.807, 2.05) is 0 Å². The Kier molecular flexibility index (Phi) is 4.49. The molecule has 0 aromatic rings. The van der Waals surface area contributed by atoms with Crippen LogP contribution in [0, 0.1) is 17.8 Å². The van der Waals surface area contributed by atoms with Gasteiger partial charge in [0.15, 0.2) is 0 Å². The molecule has 1 atom stereocenters. The summed E-state index contributed by atoms with van der Waals surface area (Å²) in [6.07, 6.45) is 11.9. The number of rotatable bonds is 3. The van der Waals surface area contributed by atoms with Crippen LogP contribution in [0.2, 0.25) is 0 Å². The van der Waals surface area contributed by atoms with Crippen molar-refractivity contribution in [1.82, 2.24) is 5.32 Å². The van der Waals surface area contributed by atoms with Crippen molar-refractivity contribution in [2.45, 2.75) is 58.3 Å². The summed E-state index contributed by atoms with van der Waals surface area (Å²) in [7, 11) is 0. The van der Waals surface area contributed by atoms with Crippen LogP contribution in [0.5, 0.6) is 0 Å². The van der Waals surface area contributed by atoms with Gasteiger partial charge in [-0.05, 0) is 50.1 Å². The highest BCUT2D eigenvalue weighted by Crippen LogP contribution is 2.33. The van der Waals surface area contributed by atoms with Gasteiger partial charge >= 0.3 is 0 Å². The van der Waals surface area contributed by atoms with Crippen molar-refractivity contribution < 1.29 is 0 Å². The van der Waals surface area contributed by atoms with Crippen molar-refractivity contribution in [1.29, 1.82) is 0 Å². The number of piperidine rings is 1. The van der Waals surface area contributed by atoms with E-state index >= 15 is 0 Å². The fraction of sp³-hybridized carbons (Fsp3) is 1.00. The van der Waals surface area contributed by atoms with E-state index in [0.717, 1.165) is 17.8 Å². The third kappa shape index (κ3) is 3.48. The molecule has 2 fully saturated rings. The maximum absolute atomic E-state index is 3.47. The van der Waals surface area contributed by atoms with Crippen molar-refractivity contribution in [3.05, 3.63) is 0 Å². The number of hydrogen-bond donors (Lipinski definition) is 1. The van der Waals surface area contributed by atoms with Gasteiger partial charge in [-0.1, -0.05) is 39.0 Å². The first-order valence-electron chi connectivity index (χ1n) is 7.07. The molecule has 1 heteroatoms. The zero-order valence-electron chi connectivity index (χ0n) is 10.3. The van der Waals surface area contributed by atoms with Gasteiger partial charge in [0.2, 0.25) is 0 Å². The van der Waals surface area contributed by atoms with E-state index in [1.54, 1.807) is 0 Å². The summed E-state index contributed by atoms with van der Waals surface area (Å²) in [5.74, 6) is 3.08. The molecule has 0 spiro atoms. The summed E-state index contributed by atoms with van der Waals surface area (Å²) >= 11 is 0. The average Bonchev–Trinajstić information content (AvgIpc) is 2.31. The van der Waals surface area contributed by atoms with Crippen LogP contribution in [-0.4, -0.2) is 13.1 Å². The Hall–Kier alpha value is -0.0400. The van der Waals surface area contributed by atoms with Gasteiger partial charge in [-0.25, -0.2) is 0 Å². The lowest BCUT2D eigenvalue weighted by molar-refractivity contribution is 0.210. The molecule has 1 saturated carbocycles. The molecule has 1 aliphatic carbocycles. The average molecular weight is 209 g/mol. The Morgan fingerprint density at radius 1 is 1.00 bits per heavy atom. The van der Waals surface area contributed by atoms with Crippen LogP contribution >= 0.6 is 0 Å². The maximum atomic E-state index is 3.47. The minimum absolute atomic E-state index is 0.982. The molecule has 2 rings (SSSR count). The highest BCUT2D eigenvalue weighted by Gasteiger charge is 2.23. The van der Waals surface area contributed by atoms with Gasteiger partial charge in [-0.2, -0.15) is 0 Å². The monoisotopic (exact) mass is 209 g/mol. The van der Waals surface area contributed by atoms with Crippen molar-refractivity contribution in [3.63, 3.8) is 0 Å². The van der Waals surface area contributed by atoms with E-state index in [1.165, 1.54) is 64.5 Å². The van der Waals surface area contributed by atoms with E-state index in [4.69, 9.17) is 0 Å². The van der Waals surface area contributed by atoms with Crippen LogP contribution in [0.4, 0.5) is 0 Å². The van der Waals surface area contributed by atoms with E-state index in [9.17, 15) is 0 Å². The summed E-state index contributed by atoms with van der Waals surface area (Å²) in [5, 5.41) is 3.47. The second-order valence-electron chi connectivity index (χ2n) is 5.80. The first kappa shape index (κ1) is 11.4. The Balaban J connectivity index is 1.72. The SMILES string of the molecule is CC(CC1CCCCC1)C1CCNCC1. The lowest BCUT2D eigenvalue weighted by Crippen LogP contribution is -2.31. The summed E-state index contributed by atoms with van der Waals surface area (Å²) in [4.78, 5) is 0. The molecule has 0 bridgehead atoms. The molecule has 0 radical (unpaired) electrons. The zero-order valence-corrected chi connectivity index (χ0v) is 10.3. The predicted molar refractivity (Wildman–Crippen MR) is 65.9 cm³/mol. The van der Waals surface area contributed by atoms with Gasteiger partial charge in [0.25, 0.3) is 0 Å². The van der Waals surface area contributed by atoms with Crippen molar-refractivity contribution in [2.75, 3.05) is 13.1 Å². The third-order valence-corrected chi connectivity index (χ3v) is 4.62. The highest BCUT2D eigenvalue weighted by molar-refractivity contribution is 4.76. The Morgan fingerprint density at radius 2 is 1.67 bits per heavy atom. The van der Waals surface area contributed by atoms with Gasteiger partial charge in [0, 0.05) is 0 Å². The van der Waals surface area contributed by atoms with Crippen LogP contribution in [0.3, 0.4) is 0 Å². The Morgan fingerprint density at radius 3 is 2.33 bits per heavy atom. The van der Waals surface area contributed by atoms with Crippen LogP contribution in [0.1, 0.15) is 58.3 Å². The van der Waals surface area contributed by atoms with Crippen LogP contribution < -0.4 is 5.32 Å². The molecule has 1 heterocycles. The largest absolute Gasteiger partial charge is 0.317 e. The van der Waals surface area contributed by atoms with Gasteiger partial charge in [-0.3, -0.25) is 0 Å². The molecule has 0 amide bonds. The van der Waals surface area contributed by atoms with Gasteiger partial charge < -0.3 is 5.32 Å². The number of nitrogens with one attached hydrogen (secondary N) is 1. The normalized spacial score (nSPS) is 27.8. The molecular weight excluding hydrogens is 182 g/mol. The minimum atomic E-state index is 0.982. The molecule has 0 aromatic heterocycles. The molecule has 0 aromatic carbocycles. The summed E-state index contributed by atoms with van der Waals surface area (Å²) in [6, 6.07) is 0. The van der Waals surface area contributed by atoms with E-state index in [-0.39, 0.29) is 0 Å². The minimum Gasteiger partial charge on any atom is -0.317 e. The first-order chi connectivity index (χ1) is 7.36. The molecule has 1 nitrogen and oxygen atoms in total. The van der Waals surface area contributed by atoms with Crippen molar-refractivity contribution in [2.24, 2.45) is 17.8 Å². The summed E-state index contributed by atoms with van der Waals surface area (Å²) < 4.78 is 0. The van der Waals surface area contributed by atoms with Crippen LogP contribution in [0.15, 0.2) is 0 Å². The first-order valence-corrected chi connectivity index (χ1v) is 7.07. The fourth-order valence-electron chi connectivity index (χ4n) is 3.55. The second-order valence-corrected chi connectivity index (χ2v) is 5.80. The molecular formula is C14H27N. The standard InChI is InChI=1S/C14H27N/c1-12(14-7-9-15-10-8-14)11-13-5-3-2-4-6-13/h12-15H,2-11H2,1H3. The van der Waals surface area contributed by atoms with E-state index in [0.29, 0.717) is 0 Å². The quantitative estimate of drug-likeness (QED) is 0.749. The molecule has 1 unspecified atom stereocenters. The maximum Gasteiger partial charge on any atom is -0.00462 e. The smallest absolute Gasteiger partial charge is 0.00462 e. The molecule has 1 N–H and O–H groups in total. The van der Waals surface area contributed by atoms with Crippen molar-refractivity contribution >= 4 is 0 Å². The second kappa shape index (κ2) is 5.89. The summed E-state index contributed by atoms with van der Waals surface area (Å²) in [6.45, 7) is 5.03. The lowest BCUT2D eigenvalue weighted by atomic mass is 9.76. The van der Waals surface area contributed by atoms with Crippen molar-refractivity contribution in [3.8, 4) is 0 Å². The fourth-order valence-corrected chi connectivity index (χ4v) is 3.55. The lowest BCUT2D eigenvalue weighted by Gasteiger charge is -2.32. The Bertz CT molecular complexity index is 166. The topological polar surface area (TPSA) is 12.0 Å². The van der Waals surface area contributed by atoms with Crippen LogP contribution in [0.25, 0.3) is 0 Å². The molecule has 1 saturated heterocycles. The molecule has 88 valence electrons. The van der Waals surface area contributed by atoms with Crippen LogP contribution in [-0.2, 0) is 0 Å². The van der Waals surface area contributed by atoms with Gasteiger partial charge in [-0.15, -0.1) is 0 Å². The number of hydrogen-bond acceptors (Lipinski definition) is 1. The highest BCUT2D eigenvalue weighted by atomic mass is 14.9. The zero-order chi connectivity index (χ0) is 10.5. The third-order valence-electron chi connectivity index (χ3n) is 4.62. The molecule has 15 heavy (non-hydrogen) atoms. The molecule has 2 aliphatic rings. The predicted octanol–water partition coefficient (Wildman–Crippen LogP) is 3.59. The van der Waals surface area contributed by atoms with E-state index < -0.39 is 0 Å². The van der Waals surface area contributed by atoms with Gasteiger partial charge in [0.1, 0.15) is 0 Å². The Labute approximate surface area is 95.0 Å². The summed E-state index contributed by atoms with van der Waals surface area (Å²) in [5.41, 5.74) is 0. The van der Waals surface area contributed by atoms with Gasteiger partial charge in [0.05, 0.1) is 0 Å². The van der Waals surface area contributed by atoms with E-state index in [2.05, 4.69) is 12.2 Å². The molecule has 1 aliphatic heterocycles.